The van der Waals surface area contributed by atoms with Gasteiger partial charge in [-0.2, -0.15) is 0 Å². The number of nitrogens with one attached hydrogen (secondary N) is 1. The molecule has 0 aliphatic carbocycles. The number of para-hydroxylation sites is 1. The molecule has 1 saturated heterocycles. The minimum Gasteiger partial charge on any atom is -0.350 e. The van der Waals surface area contributed by atoms with E-state index in [-0.39, 0.29) is 30.3 Å². The van der Waals surface area contributed by atoms with Crippen molar-refractivity contribution in [2.75, 3.05) is 11.4 Å². The van der Waals surface area contributed by atoms with Crippen LogP contribution in [0.1, 0.15) is 25.0 Å². The number of carbonyl (C=O) groups is 3. The van der Waals surface area contributed by atoms with Crippen molar-refractivity contribution in [1.29, 1.82) is 0 Å². The van der Waals surface area contributed by atoms with Crippen LogP contribution in [0.15, 0.2) is 59.5 Å². The average molecular weight is 452 g/mol. The molecule has 1 N–H and O–H groups in total. The lowest BCUT2D eigenvalue weighted by Gasteiger charge is -2.18. The van der Waals surface area contributed by atoms with Crippen LogP contribution in [-0.4, -0.2) is 39.5 Å². The maximum atomic E-state index is 13.3. The summed E-state index contributed by atoms with van der Waals surface area (Å²) in [6.07, 6.45) is 0. The molecule has 8 heteroatoms. The van der Waals surface area contributed by atoms with Crippen molar-refractivity contribution >= 4 is 57.3 Å². The van der Waals surface area contributed by atoms with Gasteiger partial charge < -0.3 is 5.32 Å². The van der Waals surface area contributed by atoms with Gasteiger partial charge in [-0.25, -0.2) is 0 Å². The number of thiocarbonyl (C=S) groups is 1. The van der Waals surface area contributed by atoms with E-state index < -0.39 is 0 Å². The first kappa shape index (κ1) is 21.3. The third-order valence-corrected chi connectivity index (χ3v) is 6.50. The molecule has 0 atom stereocenters. The second kappa shape index (κ2) is 8.64. The van der Waals surface area contributed by atoms with E-state index in [4.69, 9.17) is 12.2 Å². The second-order valence-corrected chi connectivity index (χ2v) is 9.16. The number of rotatable bonds is 5. The highest BCUT2D eigenvalue weighted by atomic mass is 32.2. The van der Waals surface area contributed by atoms with E-state index in [1.807, 2.05) is 56.3 Å². The van der Waals surface area contributed by atoms with E-state index in [1.54, 1.807) is 12.1 Å². The second-order valence-electron chi connectivity index (χ2n) is 7.51. The largest absolute Gasteiger partial charge is 0.350 e. The van der Waals surface area contributed by atoms with Crippen LogP contribution in [0.4, 0.5) is 5.69 Å². The van der Waals surface area contributed by atoms with Gasteiger partial charge in [0.25, 0.3) is 11.8 Å². The third-order valence-electron chi connectivity index (χ3n) is 5.10. The predicted octanol–water partition coefficient (Wildman–Crippen LogP) is 3.33. The molecule has 2 aromatic rings. The lowest BCUT2D eigenvalue weighted by Crippen LogP contribution is -2.39. The van der Waals surface area contributed by atoms with Gasteiger partial charge in [0.15, 0.2) is 0 Å². The third kappa shape index (κ3) is 4.00. The standard InChI is InChI=1S/C23H21N3O3S2/c1-14(2)26-22(29)20(31-23(26)30)19-16-10-6-7-11-17(16)25(21(19)28)13-18(27)24-12-15-8-4-3-5-9-15/h3-11,14H,12-13H2,1-2H3,(H,24,27)/b20-19+. The topological polar surface area (TPSA) is 69.7 Å². The molecule has 2 aliphatic heterocycles. The predicted molar refractivity (Wildman–Crippen MR) is 126 cm³/mol. The Morgan fingerprint density at radius 3 is 2.39 bits per heavy atom. The number of benzene rings is 2. The summed E-state index contributed by atoms with van der Waals surface area (Å²) >= 11 is 6.51. The van der Waals surface area contributed by atoms with Crippen molar-refractivity contribution in [3.05, 3.63) is 70.6 Å². The van der Waals surface area contributed by atoms with E-state index in [0.717, 1.165) is 17.3 Å². The summed E-state index contributed by atoms with van der Waals surface area (Å²) in [6.45, 7) is 4.01. The van der Waals surface area contributed by atoms with Crippen LogP contribution in [0.3, 0.4) is 0 Å². The maximum Gasteiger partial charge on any atom is 0.267 e. The summed E-state index contributed by atoms with van der Waals surface area (Å²) in [5, 5.41) is 2.85. The Bertz CT molecular complexity index is 1110. The summed E-state index contributed by atoms with van der Waals surface area (Å²) in [5.74, 6) is -0.901. The van der Waals surface area contributed by atoms with Crippen molar-refractivity contribution in [1.82, 2.24) is 10.2 Å². The molecule has 0 spiro atoms. The normalized spacial score (nSPS) is 18.2. The lowest BCUT2D eigenvalue weighted by molar-refractivity contribution is -0.123. The Balaban J connectivity index is 1.60. The molecule has 2 aliphatic rings. The van der Waals surface area contributed by atoms with Crippen LogP contribution in [0, 0.1) is 0 Å². The van der Waals surface area contributed by atoms with Gasteiger partial charge in [0.05, 0.1) is 16.2 Å². The van der Waals surface area contributed by atoms with Gasteiger partial charge in [0.2, 0.25) is 5.91 Å². The Hall–Kier alpha value is -2.97. The first-order valence-electron chi connectivity index (χ1n) is 9.90. The van der Waals surface area contributed by atoms with E-state index in [2.05, 4.69) is 5.32 Å². The van der Waals surface area contributed by atoms with Gasteiger partial charge in [0.1, 0.15) is 10.9 Å². The Labute approximate surface area is 190 Å². The number of anilines is 1. The molecule has 0 saturated carbocycles. The highest BCUT2D eigenvalue weighted by Crippen LogP contribution is 2.44. The molecule has 158 valence electrons. The Kier molecular flexibility index (Phi) is 5.93. The molecule has 3 amide bonds. The fourth-order valence-electron chi connectivity index (χ4n) is 3.63. The first-order chi connectivity index (χ1) is 14.9. The highest BCUT2D eigenvalue weighted by Gasteiger charge is 2.42. The number of hydrogen-bond donors (Lipinski definition) is 1. The van der Waals surface area contributed by atoms with Gasteiger partial charge >= 0.3 is 0 Å². The van der Waals surface area contributed by atoms with Gasteiger partial charge in [-0.05, 0) is 25.5 Å². The number of amides is 3. The molecule has 2 heterocycles. The summed E-state index contributed by atoms with van der Waals surface area (Å²) < 4.78 is 0.437. The zero-order valence-corrected chi connectivity index (χ0v) is 18.8. The fourth-order valence-corrected chi connectivity index (χ4v) is 5.22. The van der Waals surface area contributed by atoms with Crippen molar-refractivity contribution < 1.29 is 14.4 Å². The summed E-state index contributed by atoms with van der Waals surface area (Å²) in [4.78, 5) is 42.2. The SMILES string of the molecule is CC(C)N1C(=O)/C(=C2\C(=O)N(CC(=O)NCc3ccccc3)c3ccccc32)SC1=S. The fraction of sp³-hybridized carbons (Fsp3) is 0.217. The molecular formula is C23H21N3O3S2. The van der Waals surface area contributed by atoms with E-state index in [1.165, 1.54) is 9.80 Å². The minimum absolute atomic E-state index is 0.0998. The summed E-state index contributed by atoms with van der Waals surface area (Å²) in [7, 11) is 0. The molecule has 0 unspecified atom stereocenters. The molecule has 0 bridgehead atoms. The monoisotopic (exact) mass is 451 g/mol. The number of thioether (sulfide) groups is 1. The van der Waals surface area contributed by atoms with Crippen LogP contribution >= 0.6 is 24.0 Å². The van der Waals surface area contributed by atoms with Crippen LogP contribution in [-0.2, 0) is 20.9 Å². The molecule has 1 fully saturated rings. The van der Waals surface area contributed by atoms with Crippen LogP contribution in [0.2, 0.25) is 0 Å². The summed E-state index contributed by atoms with van der Waals surface area (Å²) in [5.41, 5.74) is 2.55. The van der Waals surface area contributed by atoms with Crippen molar-refractivity contribution in [2.24, 2.45) is 0 Å². The molecule has 0 aromatic heterocycles. The van der Waals surface area contributed by atoms with E-state index >= 15 is 0 Å². The summed E-state index contributed by atoms with van der Waals surface area (Å²) in [6, 6.07) is 16.7. The van der Waals surface area contributed by atoms with Crippen molar-refractivity contribution in [3.8, 4) is 0 Å². The highest BCUT2D eigenvalue weighted by molar-refractivity contribution is 8.26. The smallest absolute Gasteiger partial charge is 0.267 e. The lowest BCUT2D eigenvalue weighted by atomic mass is 10.1. The average Bonchev–Trinajstić information content (AvgIpc) is 3.19. The van der Waals surface area contributed by atoms with Crippen molar-refractivity contribution in [2.45, 2.75) is 26.4 Å². The van der Waals surface area contributed by atoms with Gasteiger partial charge in [-0.15, -0.1) is 0 Å². The van der Waals surface area contributed by atoms with E-state index in [9.17, 15) is 14.4 Å². The van der Waals surface area contributed by atoms with Crippen LogP contribution in [0.5, 0.6) is 0 Å². The van der Waals surface area contributed by atoms with Crippen LogP contribution < -0.4 is 10.2 Å². The van der Waals surface area contributed by atoms with Crippen LogP contribution in [0.25, 0.3) is 5.57 Å². The number of fused-ring (bicyclic) bond motifs is 1. The molecular weight excluding hydrogens is 430 g/mol. The number of carbonyl (C=O) groups excluding carboxylic acids is 3. The minimum atomic E-state index is -0.361. The molecule has 0 radical (unpaired) electrons. The molecule has 6 nitrogen and oxygen atoms in total. The Morgan fingerprint density at radius 1 is 1.03 bits per heavy atom. The van der Waals surface area contributed by atoms with E-state index in [0.29, 0.717) is 32.6 Å². The zero-order chi connectivity index (χ0) is 22.1. The zero-order valence-electron chi connectivity index (χ0n) is 17.1. The van der Waals surface area contributed by atoms with Gasteiger partial charge in [-0.3, -0.25) is 24.2 Å². The first-order valence-corrected chi connectivity index (χ1v) is 11.1. The quantitative estimate of drug-likeness (QED) is 0.558. The molecule has 31 heavy (non-hydrogen) atoms. The molecule has 2 aromatic carbocycles. The Morgan fingerprint density at radius 2 is 1.71 bits per heavy atom. The van der Waals surface area contributed by atoms with Gasteiger partial charge in [-0.1, -0.05) is 72.5 Å². The molecule has 4 rings (SSSR count). The van der Waals surface area contributed by atoms with Crippen molar-refractivity contribution in [3.63, 3.8) is 0 Å². The number of hydrogen-bond acceptors (Lipinski definition) is 5. The van der Waals surface area contributed by atoms with Gasteiger partial charge in [0, 0.05) is 18.2 Å². The number of nitrogens with zero attached hydrogens (tertiary/aromatic N) is 2. The maximum absolute atomic E-state index is 13.3.